The minimum Gasteiger partial charge on any atom is -0.445 e. The molecule has 17 nitrogen and oxygen atoms in total. The van der Waals surface area contributed by atoms with Crippen molar-refractivity contribution in [3.8, 4) is 0 Å². The van der Waals surface area contributed by atoms with E-state index >= 15 is 0 Å². The molecule has 4 aromatic rings. The normalized spacial score (nSPS) is 17.9. The molecule has 0 spiro atoms. The van der Waals surface area contributed by atoms with E-state index in [1.807, 2.05) is 30.3 Å². The number of aliphatic hydroxyl groups is 1. The largest absolute Gasteiger partial charge is 0.445 e. The second-order valence-electron chi connectivity index (χ2n) is 16.9. The molecule has 3 aromatic heterocycles. The molecule has 4 amide bonds. The van der Waals surface area contributed by atoms with Crippen molar-refractivity contribution in [3.63, 3.8) is 0 Å². The molecule has 17 heteroatoms. The van der Waals surface area contributed by atoms with E-state index in [1.165, 1.54) is 15.8 Å². The van der Waals surface area contributed by atoms with Crippen molar-refractivity contribution in [2.75, 3.05) is 13.1 Å². The Hall–Kier alpha value is -6.10. The first-order chi connectivity index (χ1) is 29.8. The van der Waals surface area contributed by atoms with Crippen LogP contribution in [0.25, 0.3) is 11.0 Å². The predicted octanol–water partition coefficient (Wildman–Crippen LogP) is 4.48. The van der Waals surface area contributed by atoms with Gasteiger partial charge in [-0.2, -0.15) is 0 Å². The number of benzene rings is 1. The predicted molar refractivity (Wildman–Crippen MR) is 227 cm³/mol. The topological polar surface area (TPSA) is 242 Å². The number of nitrogens with one attached hydrogen (secondary N) is 2. The van der Waals surface area contributed by atoms with Gasteiger partial charge in [-0.15, -0.1) is 5.10 Å². The van der Waals surface area contributed by atoms with Crippen LogP contribution < -0.4 is 16.4 Å². The number of pyridine rings is 2. The number of Topliss-reactive ketones (excluding diaryl/α,β-unsaturated/α-hetero) is 2. The van der Waals surface area contributed by atoms with Gasteiger partial charge in [0.05, 0.1) is 35.0 Å². The molecule has 1 saturated carbocycles. The molecule has 1 unspecified atom stereocenters. The third-order valence-corrected chi connectivity index (χ3v) is 11.9. The van der Waals surface area contributed by atoms with Gasteiger partial charge < -0.3 is 31.1 Å². The summed E-state index contributed by atoms with van der Waals surface area (Å²) in [7, 11) is 0. The van der Waals surface area contributed by atoms with Gasteiger partial charge in [-0.3, -0.25) is 33.9 Å². The quantitative estimate of drug-likeness (QED) is 0.0547. The van der Waals surface area contributed by atoms with Crippen LogP contribution in [0.2, 0.25) is 0 Å². The van der Waals surface area contributed by atoms with E-state index in [2.05, 4.69) is 30.9 Å². The summed E-state index contributed by atoms with van der Waals surface area (Å²) in [5.74, 6) is -3.70. The number of carbonyl (C=O) groups excluding carboxylic acids is 6. The first-order valence-electron chi connectivity index (χ1n) is 21.5. The number of hydrogen-bond acceptors (Lipinski definition) is 12. The summed E-state index contributed by atoms with van der Waals surface area (Å²) in [6.07, 6.45) is 10.8. The first kappa shape index (κ1) is 45.4. The number of ether oxygens (including phenoxy) is 1. The summed E-state index contributed by atoms with van der Waals surface area (Å²) >= 11 is 0. The minimum absolute atomic E-state index is 0.0369. The van der Waals surface area contributed by atoms with Crippen LogP contribution in [0, 0.1) is 11.8 Å². The minimum atomic E-state index is -1.35. The molecule has 1 aromatic carbocycles. The van der Waals surface area contributed by atoms with Gasteiger partial charge >= 0.3 is 6.09 Å². The van der Waals surface area contributed by atoms with Crippen molar-refractivity contribution in [2.45, 2.75) is 121 Å². The number of unbranched alkanes of at least 4 members (excludes halogenated alkanes) is 1. The Morgan fingerprint density at radius 3 is 2.47 bits per heavy atom. The zero-order valence-electron chi connectivity index (χ0n) is 35.4. The molecule has 4 heterocycles. The van der Waals surface area contributed by atoms with Crippen molar-refractivity contribution in [1.82, 2.24) is 40.5 Å². The number of hydrogen-bond donors (Lipinski definition) is 4. The third-order valence-electron chi connectivity index (χ3n) is 11.9. The average Bonchev–Trinajstić information content (AvgIpc) is 3.96. The second-order valence-corrected chi connectivity index (χ2v) is 16.9. The highest BCUT2D eigenvalue weighted by molar-refractivity contribution is 6.37. The number of fused-ring (bicyclic) bond motifs is 1. The van der Waals surface area contributed by atoms with Gasteiger partial charge in [-0.05, 0) is 75.6 Å². The molecule has 4 atom stereocenters. The zero-order valence-corrected chi connectivity index (χ0v) is 35.4. The SMILES string of the molecule is CC(C)(O)c1cnnn1[C@H]1C[C@@H](C(=O)NC(CCCCNC(=O)OCc2ccccc2)C(=O)C(N)=O)N(C(=O)[C@H](CCC(=O)c2ccnc3cccnc23)CC2CCCCC2)C1. The number of nitrogens with two attached hydrogens (primary N) is 1. The van der Waals surface area contributed by atoms with Crippen molar-refractivity contribution in [2.24, 2.45) is 17.6 Å². The molecule has 1 aliphatic carbocycles. The summed E-state index contributed by atoms with van der Waals surface area (Å²) in [6, 6.07) is 11.4. The molecule has 2 fully saturated rings. The number of carbonyl (C=O) groups is 6. The van der Waals surface area contributed by atoms with Crippen molar-refractivity contribution < 1.29 is 38.6 Å². The van der Waals surface area contributed by atoms with Gasteiger partial charge in [-0.1, -0.05) is 67.6 Å². The molecular formula is C45H57N9O8. The van der Waals surface area contributed by atoms with Gasteiger partial charge in [0.25, 0.3) is 5.91 Å². The summed E-state index contributed by atoms with van der Waals surface area (Å²) in [5, 5.41) is 24.6. The van der Waals surface area contributed by atoms with Crippen molar-refractivity contribution >= 4 is 46.4 Å². The monoisotopic (exact) mass is 851 g/mol. The van der Waals surface area contributed by atoms with Gasteiger partial charge in [0.2, 0.25) is 17.6 Å². The fourth-order valence-corrected chi connectivity index (χ4v) is 8.63. The molecule has 0 bridgehead atoms. The maximum absolute atomic E-state index is 15.0. The number of rotatable bonds is 20. The summed E-state index contributed by atoms with van der Waals surface area (Å²) in [6.45, 7) is 3.54. The lowest BCUT2D eigenvalue weighted by atomic mass is 9.80. The van der Waals surface area contributed by atoms with E-state index in [1.54, 1.807) is 44.4 Å². The Morgan fingerprint density at radius 1 is 0.952 bits per heavy atom. The van der Waals surface area contributed by atoms with Gasteiger partial charge in [0.1, 0.15) is 18.2 Å². The number of alkyl carbamates (subject to hydrolysis) is 1. The average molecular weight is 852 g/mol. The van der Waals surface area contributed by atoms with Crippen molar-refractivity contribution in [1.29, 1.82) is 0 Å². The molecular weight excluding hydrogens is 795 g/mol. The fraction of sp³-hybridized carbons (Fsp3) is 0.511. The summed E-state index contributed by atoms with van der Waals surface area (Å²) in [4.78, 5) is 91.0. The van der Waals surface area contributed by atoms with Crippen LogP contribution in [-0.4, -0.2) is 95.5 Å². The Bertz CT molecular complexity index is 2200. The van der Waals surface area contributed by atoms with E-state index in [-0.39, 0.29) is 63.0 Å². The Labute approximate surface area is 360 Å². The Morgan fingerprint density at radius 2 is 1.73 bits per heavy atom. The molecule has 330 valence electrons. The summed E-state index contributed by atoms with van der Waals surface area (Å²) < 4.78 is 6.77. The lowest BCUT2D eigenvalue weighted by Gasteiger charge is -2.32. The van der Waals surface area contributed by atoms with E-state index in [9.17, 15) is 33.9 Å². The van der Waals surface area contributed by atoms with Gasteiger partial charge in [0.15, 0.2) is 5.78 Å². The first-order valence-corrected chi connectivity index (χ1v) is 21.5. The maximum atomic E-state index is 15.0. The molecule has 1 saturated heterocycles. The Balaban J connectivity index is 1.18. The van der Waals surface area contributed by atoms with Crippen LogP contribution in [0.15, 0.2) is 67.1 Å². The van der Waals surface area contributed by atoms with E-state index in [0.29, 0.717) is 41.6 Å². The number of amides is 4. The lowest BCUT2D eigenvalue weighted by molar-refractivity contribution is -0.143. The van der Waals surface area contributed by atoms with Crippen LogP contribution >= 0.6 is 0 Å². The molecule has 6 rings (SSSR count). The number of ketones is 2. The second kappa shape index (κ2) is 21.1. The number of likely N-dealkylation sites (tertiary alicyclic amines) is 1. The van der Waals surface area contributed by atoms with Gasteiger partial charge in [-0.25, -0.2) is 9.48 Å². The van der Waals surface area contributed by atoms with E-state index in [4.69, 9.17) is 10.5 Å². The van der Waals surface area contributed by atoms with Crippen LogP contribution in [0.4, 0.5) is 4.79 Å². The summed E-state index contributed by atoms with van der Waals surface area (Å²) in [5.41, 5.74) is 6.82. The third kappa shape index (κ3) is 11.8. The molecule has 62 heavy (non-hydrogen) atoms. The molecule has 1 aliphatic heterocycles. The number of aromatic nitrogens is 5. The number of nitrogens with zero attached hydrogens (tertiary/aromatic N) is 6. The fourth-order valence-electron chi connectivity index (χ4n) is 8.63. The highest BCUT2D eigenvalue weighted by Crippen LogP contribution is 2.36. The molecule has 5 N–H and O–H groups in total. The maximum Gasteiger partial charge on any atom is 0.407 e. The van der Waals surface area contributed by atoms with Crippen LogP contribution in [0.3, 0.4) is 0 Å². The molecule has 0 radical (unpaired) electrons. The Kier molecular flexibility index (Phi) is 15.5. The van der Waals surface area contributed by atoms with Crippen LogP contribution in [-0.2, 0) is 36.1 Å². The van der Waals surface area contributed by atoms with E-state index in [0.717, 1.165) is 37.7 Å². The lowest BCUT2D eigenvalue weighted by Crippen LogP contribution is -2.53. The van der Waals surface area contributed by atoms with Gasteiger partial charge in [0, 0.05) is 49.8 Å². The van der Waals surface area contributed by atoms with E-state index < -0.39 is 53.3 Å². The van der Waals surface area contributed by atoms with Crippen LogP contribution in [0.5, 0.6) is 0 Å². The number of primary amides is 1. The smallest absolute Gasteiger partial charge is 0.407 e. The zero-order chi connectivity index (χ0) is 44.2. The standard InChI is InChI=1S/C45H57N9O8/c1-45(2,61)38-26-50-52-54(38)32-25-36(42(58)51-35(40(56)41(46)57)16-9-10-21-49-44(60)62-28-30-14-7-4-8-15-30)53(27-32)43(59)31(24-29-12-5-3-6-13-29)18-19-37(55)33-20-23-47-34-17-11-22-48-39(33)34/h4,7-8,11,14-15,17,20,22-23,26,29,31-32,35-36,61H,3,5-6,9-10,12-13,16,18-19,21,24-25,27-28H2,1-2H3,(H2,46,57)(H,49,60)(H,51,58)/t31-,32+,35?,36+/m1/s1. The highest BCUT2D eigenvalue weighted by Gasteiger charge is 2.45. The highest BCUT2D eigenvalue weighted by atomic mass is 16.5. The van der Waals surface area contributed by atoms with Crippen molar-refractivity contribution in [3.05, 3.63) is 83.9 Å². The van der Waals surface area contributed by atoms with Crippen LogP contribution in [0.1, 0.15) is 119 Å². The molecule has 2 aliphatic rings.